The van der Waals surface area contributed by atoms with Crippen molar-refractivity contribution in [3.8, 4) is 5.75 Å². The van der Waals surface area contributed by atoms with Gasteiger partial charge in [0.15, 0.2) is 0 Å². The molecule has 3 aromatic carbocycles. The second-order valence-corrected chi connectivity index (χ2v) is 11.2. The summed E-state index contributed by atoms with van der Waals surface area (Å²) in [7, 11) is -3.96. The molecular formula is C30H36FN3O5S. The average molecular weight is 570 g/mol. The molecule has 0 saturated heterocycles. The number of sulfonamides is 1. The second kappa shape index (κ2) is 14.5. The highest BCUT2D eigenvalue weighted by Crippen LogP contribution is 2.30. The van der Waals surface area contributed by atoms with Crippen molar-refractivity contribution < 1.29 is 27.1 Å². The maximum Gasteiger partial charge on any atom is 0.244 e. The number of para-hydroxylation sites is 2. The van der Waals surface area contributed by atoms with E-state index in [2.05, 4.69) is 5.32 Å². The second-order valence-electron chi connectivity index (χ2n) is 9.28. The van der Waals surface area contributed by atoms with E-state index in [1.807, 2.05) is 37.3 Å². The molecule has 0 aliphatic heterocycles. The molecule has 0 fully saturated rings. The summed E-state index contributed by atoms with van der Waals surface area (Å²) in [5.41, 5.74) is 1.20. The van der Waals surface area contributed by atoms with Crippen molar-refractivity contribution >= 4 is 27.5 Å². The SMILES string of the molecule is CCCNC(=O)[C@H](Cc1ccccc1)N(Cc1ccccc1F)C(=O)CN(c1ccccc1OCC)S(C)(=O)=O. The number of hydrogen-bond donors (Lipinski definition) is 1. The zero-order valence-electron chi connectivity index (χ0n) is 23.0. The minimum Gasteiger partial charge on any atom is -0.492 e. The Kier molecular flexibility index (Phi) is 11.1. The van der Waals surface area contributed by atoms with Crippen LogP contribution in [-0.2, 0) is 32.6 Å². The Morgan fingerprint density at radius 2 is 1.60 bits per heavy atom. The maximum absolute atomic E-state index is 14.8. The summed E-state index contributed by atoms with van der Waals surface area (Å²) in [6.45, 7) is 3.53. The van der Waals surface area contributed by atoms with Gasteiger partial charge in [0.1, 0.15) is 24.2 Å². The summed E-state index contributed by atoms with van der Waals surface area (Å²) < 4.78 is 47.3. The molecule has 0 spiro atoms. The number of rotatable bonds is 14. The highest BCUT2D eigenvalue weighted by Gasteiger charge is 2.34. The Balaban J connectivity index is 2.08. The molecule has 0 aromatic heterocycles. The number of nitrogens with zero attached hydrogens (tertiary/aromatic N) is 2. The van der Waals surface area contributed by atoms with E-state index in [1.165, 1.54) is 23.1 Å². The Morgan fingerprint density at radius 1 is 0.950 bits per heavy atom. The predicted octanol–water partition coefficient (Wildman–Crippen LogP) is 4.16. The summed E-state index contributed by atoms with van der Waals surface area (Å²) in [6.07, 6.45) is 1.84. The molecule has 0 aliphatic rings. The molecule has 0 saturated carbocycles. The van der Waals surface area contributed by atoms with Crippen molar-refractivity contribution in [3.05, 3.63) is 95.8 Å². The van der Waals surface area contributed by atoms with Gasteiger partial charge in [0.2, 0.25) is 21.8 Å². The maximum atomic E-state index is 14.8. The zero-order valence-corrected chi connectivity index (χ0v) is 23.9. The van der Waals surface area contributed by atoms with Gasteiger partial charge in [0, 0.05) is 25.1 Å². The van der Waals surface area contributed by atoms with E-state index in [9.17, 15) is 22.4 Å². The van der Waals surface area contributed by atoms with Gasteiger partial charge in [-0.1, -0.05) is 67.6 Å². The lowest BCUT2D eigenvalue weighted by Gasteiger charge is -2.33. The van der Waals surface area contributed by atoms with E-state index in [0.717, 1.165) is 16.1 Å². The van der Waals surface area contributed by atoms with Crippen molar-refractivity contribution in [2.75, 3.05) is 30.3 Å². The standard InChI is InChI=1S/C30H36FN3O5S/c1-4-19-32-30(36)27(20-23-13-7-6-8-14-23)33(21-24-15-9-10-16-25(24)31)29(35)22-34(40(3,37)38)26-17-11-12-18-28(26)39-5-2/h6-18,27H,4-5,19-22H2,1-3H3,(H,32,36)/t27-/m0/s1. The van der Waals surface area contributed by atoms with E-state index >= 15 is 0 Å². The normalized spacial score (nSPS) is 11.9. The van der Waals surface area contributed by atoms with Crippen LogP contribution in [0.2, 0.25) is 0 Å². The fourth-order valence-electron chi connectivity index (χ4n) is 4.27. The summed E-state index contributed by atoms with van der Waals surface area (Å²) in [5.74, 6) is -1.30. The molecule has 8 nitrogen and oxygen atoms in total. The summed E-state index contributed by atoms with van der Waals surface area (Å²) >= 11 is 0. The number of halogens is 1. The van der Waals surface area contributed by atoms with E-state index in [1.54, 1.807) is 37.3 Å². The number of nitrogens with one attached hydrogen (secondary N) is 1. The molecule has 0 aliphatic carbocycles. The largest absolute Gasteiger partial charge is 0.492 e. The van der Waals surface area contributed by atoms with Gasteiger partial charge in [-0.05, 0) is 37.1 Å². The van der Waals surface area contributed by atoms with E-state index < -0.39 is 40.2 Å². The molecule has 0 radical (unpaired) electrons. The number of carbonyl (C=O) groups is 2. The van der Waals surface area contributed by atoms with Crippen LogP contribution in [0.5, 0.6) is 5.75 Å². The quantitative estimate of drug-likeness (QED) is 0.315. The minimum absolute atomic E-state index is 0.158. The molecule has 3 rings (SSSR count). The van der Waals surface area contributed by atoms with Gasteiger partial charge < -0.3 is 15.0 Å². The van der Waals surface area contributed by atoms with E-state index in [-0.39, 0.29) is 24.2 Å². The van der Waals surface area contributed by atoms with Crippen molar-refractivity contribution in [1.29, 1.82) is 0 Å². The lowest BCUT2D eigenvalue weighted by atomic mass is 10.0. The molecule has 0 unspecified atom stereocenters. The smallest absolute Gasteiger partial charge is 0.244 e. The topological polar surface area (TPSA) is 96.0 Å². The lowest BCUT2D eigenvalue weighted by Crippen LogP contribution is -2.53. The Bertz CT molecular complexity index is 1380. The molecule has 1 N–H and O–H groups in total. The van der Waals surface area contributed by atoms with Crippen molar-refractivity contribution in [3.63, 3.8) is 0 Å². The van der Waals surface area contributed by atoms with Crippen LogP contribution in [0.15, 0.2) is 78.9 Å². The molecule has 3 aromatic rings. The summed E-state index contributed by atoms with van der Waals surface area (Å²) in [5, 5.41) is 2.85. The Morgan fingerprint density at radius 3 is 2.25 bits per heavy atom. The zero-order chi connectivity index (χ0) is 29.1. The highest BCUT2D eigenvalue weighted by molar-refractivity contribution is 7.92. The van der Waals surface area contributed by atoms with Crippen molar-refractivity contribution in [2.24, 2.45) is 0 Å². The van der Waals surface area contributed by atoms with Crippen LogP contribution in [0, 0.1) is 5.82 Å². The first-order valence-electron chi connectivity index (χ1n) is 13.2. The third-order valence-corrected chi connectivity index (χ3v) is 7.36. The molecule has 0 bridgehead atoms. The van der Waals surface area contributed by atoms with Crippen LogP contribution >= 0.6 is 0 Å². The van der Waals surface area contributed by atoms with Gasteiger partial charge in [-0.2, -0.15) is 0 Å². The predicted molar refractivity (Wildman–Crippen MR) is 154 cm³/mol. The number of ether oxygens (including phenoxy) is 1. The molecule has 40 heavy (non-hydrogen) atoms. The Hall–Kier alpha value is -3.92. The highest BCUT2D eigenvalue weighted by atomic mass is 32.2. The van der Waals surface area contributed by atoms with Crippen LogP contribution in [0.4, 0.5) is 10.1 Å². The number of hydrogen-bond acceptors (Lipinski definition) is 5. The van der Waals surface area contributed by atoms with Crippen LogP contribution in [0.3, 0.4) is 0 Å². The third kappa shape index (κ3) is 8.29. The number of carbonyl (C=O) groups excluding carboxylic acids is 2. The van der Waals surface area contributed by atoms with E-state index in [4.69, 9.17) is 4.74 Å². The van der Waals surface area contributed by atoms with Gasteiger partial charge in [-0.3, -0.25) is 13.9 Å². The van der Waals surface area contributed by atoms with Gasteiger partial charge in [-0.25, -0.2) is 12.8 Å². The average Bonchev–Trinajstić information content (AvgIpc) is 2.93. The lowest BCUT2D eigenvalue weighted by molar-refractivity contribution is -0.140. The molecule has 2 amide bonds. The van der Waals surface area contributed by atoms with Crippen molar-refractivity contribution in [1.82, 2.24) is 10.2 Å². The van der Waals surface area contributed by atoms with Gasteiger partial charge in [0.05, 0.1) is 18.6 Å². The van der Waals surface area contributed by atoms with Crippen LogP contribution < -0.4 is 14.4 Å². The van der Waals surface area contributed by atoms with Gasteiger partial charge in [-0.15, -0.1) is 0 Å². The van der Waals surface area contributed by atoms with E-state index in [0.29, 0.717) is 25.3 Å². The molecular weight excluding hydrogens is 533 g/mol. The molecule has 1 atom stereocenters. The Labute approximate surface area is 235 Å². The first-order valence-corrected chi connectivity index (χ1v) is 15.0. The monoisotopic (exact) mass is 569 g/mol. The fourth-order valence-corrected chi connectivity index (χ4v) is 5.12. The number of benzene rings is 3. The fraction of sp³-hybridized carbons (Fsp3) is 0.333. The van der Waals surface area contributed by atoms with Crippen LogP contribution in [0.1, 0.15) is 31.4 Å². The number of amides is 2. The molecule has 214 valence electrons. The third-order valence-electron chi connectivity index (χ3n) is 6.23. The minimum atomic E-state index is -3.96. The molecule has 10 heteroatoms. The first-order chi connectivity index (χ1) is 19.2. The van der Waals surface area contributed by atoms with Gasteiger partial charge >= 0.3 is 0 Å². The molecule has 0 heterocycles. The summed E-state index contributed by atoms with van der Waals surface area (Å²) in [4.78, 5) is 28.8. The van der Waals surface area contributed by atoms with Crippen LogP contribution in [0.25, 0.3) is 0 Å². The van der Waals surface area contributed by atoms with Crippen LogP contribution in [-0.4, -0.2) is 57.1 Å². The summed E-state index contributed by atoms with van der Waals surface area (Å²) in [6, 6.07) is 20.7. The van der Waals surface area contributed by atoms with Gasteiger partial charge in [0.25, 0.3) is 0 Å². The first kappa shape index (κ1) is 30.6. The number of anilines is 1. The van der Waals surface area contributed by atoms with Crippen molar-refractivity contribution in [2.45, 2.75) is 39.3 Å².